The molecule has 0 fully saturated rings. The molecule has 0 saturated carbocycles. The van der Waals surface area contributed by atoms with Crippen molar-refractivity contribution in [1.29, 1.82) is 0 Å². The lowest BCUT2D eigenvalue weighted by Gasteiger charge is -2.27. The highest BCUT2D eigenvalue weighted by Crippen LogP contribution is 2.38. The van der Waals surface area contributed by atoms with Gasteiger partial charge in [0.05, 0.1) is 12.3 Å². The Morgan fingerprint density at radius 2 is 1.96 bits per heavy atom. The zero-order chi connectivity index (χ0) is 20.3. The molecule has 0 bridgehead atoms. The molecule has 0 aliphatic carbocycles. The van der Waals surface area contributed by atoms with Gasteiger partial charge >= 0.3 is 19.8 Å². The molecule has 1 aromatic heterocycles. The predicted molar refractivity (Wildman–Crippen MR) is 80.5 cm³/mol. The summed E-state index contributed by atoms with van der Waals surface area (Å²) in [5.74, 6) is -4.64. The quantitative estimate of drug-likeness (QED) is 0.167. The number of carboxylic acids is 2. The van der Waals surface area contributed by atoms with Crippen LogP contribution in [0.1, 0.15) is 16.8 Å². The molecule has 0 radical (unpaired) electrons. The summed E-state index contributed by atoms with van der Waals surface area (Å²) in [6, 6.07) is 0. The van der Waals surface area contributed by atoms with E-state index in [2.05, 4.69) is 9.51 Å². The highest BCUT2D eigenvalue weighted by Gasteiger charge is 2.48. The molecule has 0 saturated heterocycles. The molecule has 2 atom stereocenters. The highest BCUT2D eigenvalue weighted by atomic mass is 31.2. The molecular weight excluding hydrogens is 379 g/mol. The van der Waals surface area contributed by atoms with Crippen molar-refractivity contribution in [3.05, 3.63) is 23.0 Å². The van der Waals surface area contributed by atoms with Crippen LogP contribution in [-0.4, -0.2) is 64.1 Å². The number of hydrogen-bond donors (Lipinski definition) is 8. The van der Waals surface area contributed by atoms with Crippen molar-refractivity contribution in [2.75, 3.05) is 0 Å². The molecule has 0 aliphatic rings. The van der Waals surface area contributed by atoms with Crippen LogP contribution in [0.5, 0.6) is 5.75 Å². The van der Waals surface area contributed by atoms with Crippen LogP contribution in [0.15, 0.2) is 6.20 Å². The summed E-state index contributed by atoms with van der Waals surface area (Å²) in [5, 5.41) is 48.9. The summed E-state index contributed by atoms with van der Waals surface area (Å²) in [5.41, 5.74) is -3.51. The van der Waals surface area contributed by atoms with Crippen LogP contribution in [0.2, 0.25) is 0 Å². The Balaban J connectivity index is 3.18. The van der Waals surface area contributed by atoms with Crippen molar-refractivity contribution in [3.8, 4) is 5.75 Å². The number of aromatic hydroxyl groups is 1. The van der Waals surface area contributed by atoms with Gasteiger partial charge in [0.25, 0.3) is 5.72 Å². The third kappa shape index (κ3) is 5.19. The minimum Gasteiger partial charge on any atom is -0.506 e. The van der Waals surface area contributed by atoms with Gasteiger partial charge in [0.1, 0.15) is 5.75 Å². The summed E-state index contributed by atoms with van der Waals surface area (Å²) >= 11 is 0. The van der Waals surface area contributed by atoms with E-state index in [0.29, 0.717) is 0 Å². The first kappa shape index (κ1) is 21.9. The van der Waals surface area contributed by atoms with Crippen molar-refractivity contribution in [2.24, 2.45) is 0 Å². The number of carbonyl (C=O) groups is 2. The van der Waals surface area contributed by atoms with Gasteiger partial charge in [0.2, 0.25) is 6.10 Å². The fraction of sp³-hybridized carbons (Fsp3) is 0.417. The Morgan fingerprint density at radius 1 is 1.38 bits per heavy atom. The Labute approximate surface area is 145 Å². The van der Waals surface area contributed by atoms with Crippen molar-refractivity contribution in [3.63, 3.8) is 0 Å². The molecule has 146 valence electrons. The molecule has 1 heterocycles. The van der Waals surface area contributed by atoms with Gasteiger partial charge in [-0.15, -0.1) is 0 Å². The molecule has 26 heavy (non-hydrogen) atoms. The summed E-state index contributed by atoms with van der Waals surface area (Å²) in [7, 11) is -4.86. The summed E-state index contributed by atoms with van der Waals surface area (Å²) < 4.78 is 15.1. The number of phosphoric ester groups is 1. The number of aliphatic hydroxyl groups excluding tert-OH is 1. The zero-order valence-electron chi connectivity index (χ0n) is 13.2. The van der Waals surface area contributed by atoms with E-state index in [0.717, 1.165) is 6.20 Å². The fourth-order valence-electron chi connectivity index (χ4n) is 1.85. The van der Waals surface area contributed by atoms with E-state index in [1.807, 2.05) is 5.32 Å². The van der Waals surface area contributed by atoms with E-state index in [1.165, 1.54) is 6.92 Å². The van der Waals surface area contributed by atoms with Crippen LogP contribution in [0.4, 0.5) is 0 Å². The van der Waals surface area contributed by atoms with Crippen LogP contribution in [0.25, 0.3) is 0 Å². The van der Waals surface area contributed by atoms with E-state index in [4.69, 9.17) is 20.0 Å². The second-order valence-corrected chi connectivity index (χ2v) is 6.37. The first-order chi connectivity index (χ1) is 11.8. The molecule has 1 aromatic rings. The monoisotopic (exact) mass is 396 g/mol. The third-order valence-corrected chi connectivity index (χ3v) is 3.77. The number of pyridine rings is 1. The van der Waals surface area contributed by atoms with Crippen LogP contribution < -0.4 is 5.32 Å². The average Bonchev–Trinajstić information content (AvgIpc) is 2.52. The highest BCUT2D eigenvalue weighted by molar-refractivity contribution is 7.46. The Morgan fingerprint density at radius 3 is 2.42 bits per heavy atom. The van der Waals surface area contributed by atoms with E-state index < -0.39 is 50.5 Å². The first-order valence-electron chi connectivity index (χ1n) is 6.77. The number of rotatable bonds is 9. The zero-order valence-corrected chi connectivity index (χ0v) is 14.1. The van der Waals surface area contributed by atoms with Gasteiger partial charge in [-0.1, -0.05) is 0 Å². The largest absolute Gasteiger partial charge is 0.506 e. The number of nitrogens with zero attached hydrogens (tertiary/aromatic N) is 1. The SMILES string of the molecule is Cc1ncc(COP(=O)(O)O)c(CNC(O)(C(=O)O)C(O)C(=O)O)c1O. The van der Waals surface area contributed by atoms with Crippen LogP contribution in [0, 0.1) is 6.92 Å². The van der Waals surface area contributed by atoms with Crippen LogP contribution >= 0.6 is 7.82 Å². The van der Waals surface area contributed by atoms with E-state index in [1.54, 1.807) is 0 Å². The number of aliphatic hydroxyl groups is 2. The minimum atomic E-state index is -4.86. The predicted octanol–water partition coefficient (Wildman–Crippen LogP) is -1.99. The number of nitrogens with one attached hydrogen (secondary N) is 1. The fourth-order valence-corrected chi connectivity index (χ4v) is 2.16. The van der Waals surface area contributed by atoms with E-state index in [-0.39, 0.29) is 16.8 Å². The number of hydrogen-bond acceptors (Lipinski definition) is 9. The maximum atomic E-state index is 11.1. The van der Waals surface area contributed by atoms with Gasteiger partial charge < -0.3 is 35.3 Å². The molecule has 0 spiro atoms. The maximum absolute atomic E-state index is 11.1. The second kappa shape index (κ2) is 8.05. The van der Waals surface area contributed by atoms with Crippen molar-refractivity contribution in [1.82, 2.24) is 10.3 Å². The smallest absolute Gasteiger partial charge is 0.469 e. The maximum Gasteiger partial charge on any atom is 0.469 e. The number of aryl methyl sites for hydroxylation is 1. The van der Waals surface area contributed by atoms with Gasteiger partial charge in [-0.3, -0.25) is 14.8 Å². The Hall–Kier alpha value is -2.12. The van der Waals surface area contributed by atoms with E-state index >= 15 is 0 Å². The van der Waals surface area contributed by atoms with Gasteiger partial charge in [-0.25, -0.2) is 14.2 Å². The van der Waals surface area contributed by atoms with Crippen LogP contribution in [0.3, 0.4) is 0 Å². The van der Waals surface area contributed by atoms with E-state index in [9.17, 15) is 29.5 Å². The summed E-state index contributed by atoms with van der Waals surface area (Å²) in [4.78, 5) is 43.1. The number of aromatic nitrogens is 1. The lowest BCUT2D eigenvalue weighted by molar-refractivity contribution is -0.189. The van der Waals surface area contributed by atoms with Crippen molar-refractivity contribution in [2.45, 2.75) is 31.9 Å². The van der Waals surface area contributed by atoms with Crippen LogP contribution in [-0.2, 0) is 31.8 Å². The van der Waals surface area contributed by atoms with Crippen molar-refractivity contribution < 1.29 is 54.0 Å². The summed E-state index contributed by atoms with van der Waals surface area (Å²) in [6.07, 6.45) is -1.67. The van der Waals surface area contributed by atoms with Gasteiger partial charge in [0.15, 0.2) is 0 Å². The van der Waals surface area contributed by atoms with Gasteiger partial charge in [-0.05, 0) is 6.92 Å². The Bertz CT molecular complexity index is 749. The molecule has 8 N–H and O–H groups in total. The number of aliphatic carboxylic acids is 2. The second-order valence-electron chi connectivity index (χ2n) is 5.13. The molecule has 2 unspecified atom stereocenters. The average molecular weight is 396 g/mol. The minimum absolute atomic E-state index is 0.0550. The number of phosphoric acid groups is 1. The standard InChI is InChI=1S/C12H17N2O11P/c1-5-8(15)7(6(2-13-5)4-25-26(22,23)24)3-14-12(21,11(19)20)9(16)10(17)18/h2,9,14-16,21H,3-4H2,1H3,(H,17,18)(H,19,20)(H2,22,23,24). The molecule has 1 rings (SSSR count). The lowest BCUT2D eigenvalue weighted by atomic mass is 10.0. The molecule has 0 aromatic carbocycles. The number of carboxylic acid groups (broad SMARTS) is 2. The Kier molecular flexibility index (Phi) is 6.79. The normalized spacial score (nSPS) is 15.3. The first-order valence-corrected chi connectivity index (χ1v) is 8.30. The molecular formula is C12H17N2O11P. The molecule has 0 aliphatic heterocycles. The van der Waals surface area contributed by atoms with Gasteiger partial charge in [-0.2, -0.15) is 0 Å². The summed E-state index contributed by atoms with van der Waals surface area (Å²) in [6.45, 7) is -0.0702. The topological polar surface area (TPSA) is 227 Å². The third-order valence-electron chi connectivity index (χ3n) is 3.31. The molecule has 14 heteroatoms. The van der Waals surface area contributed by atoms with Crippen molar-refractivity contribution >= 4 is 19.8 Å². The van der Waals surface area contributed by atoms with Gasteiger partial charge in [0, 0.05) is 23.9 Å². The lowest BCUT2D eigenvalue weighted by Crippen LogP contribution is -2.62. The molecule has 13 nitrogen and oxygen atoms in total. The molecule has 0 amide bonds.